The Hall–Kier alpha value is -3.25. The van der Waals surface area contributed by atoms with E-state index in [-0.39, 0.29) is 40.3 Å². The largest absolute Gasteiger partial charge is 0.476 e. The van der Waals surface area contributed by atoms with Gasteiger partial charge in [0.15, 0.2) is 5.69 Å². The number of carboxylic acids is 1. The van der Waals surface area contributed by atoms with Gasteiger partial charge in [0.25, 0.3) is 15.8 Å². The molecule has 0 saturated heterocycles. The molecular formula is C26H29F2N3O5S2. The minimum atomic E-state index is -4.10. The van der Waals surface area contributed by atoms with E-state index in [2.05, 4.69) is 9.71 Å². The molecular weight excluding hydrogens is 536 g/mol. The van der Waals surface area contributed by atoms with Gasteiger partial charge in [-0.3, -0.25) is 4.79 Å². The number of sulfonamides is 1. The number of carboxylic acid groups (broad SMARTS) is 1. The Morgan fingerprint density at radius 1 is 1.08 bits per heavy atom. The molecule has 0 saturated carbocycles. The number of aromatic carboxylic acids is 1. The summed E-state index contributed by atoms with van der Waals surface area (Å²) in [5.41, 5.74) is 1.35. The van der Waals surface area contributed by atoms with Crippen molar-refractivity contribution in [2.45, 2.75) is 68.2 Å². The summed E-state index contributed by atoms with van der Waals surface area (Å²) >= 11 is 0.110. The third-order valence-corrected chi connectivity index (χ3v) is 7.80. The van der Waals surface area contributed by atoms with Crippen molar-refractivity contribution in [2.24, 2.45) is 0 Å². The smallest absolute Gasteiger partial charge is 0.355 e. The maximum atomic E-state index is 13.1. The summed E-state index contributed by atoms with van der Waals surface area (Å²) < 4.78 is 55.4. The summed E-state index contributed by atoms with van der Waals surface area (Å²) in [7, 11) is -4.10. The van der Waals surface area contributed by atoms with E-state index in [9.17, 15) is 31.9 Å². The number of imidazole rings is 1. The van der Waals surface area contributed by atoms with Gasteiger partial charge in [-0.2, -0.15) is 8.78 Å². The minimum Gasteiger partial charge on any atom is -0.476 e. The number of alkyl halides is 2. The molecule has 0 bridgehead atoms. The molecule has 12 heteroatoms. The maximum absolute atomic E-state index is 13.1. The number of rotatable bonds is 13. The highest BCUT2D eigenvalue weighted by molar-refractivity contribution is 7.99. The molecule has 1 aromatic heterocycles. The second-order valence-electron chi connectivity index (χ2n) is 8.53. The number of amides is 1. The van der Waals surface area contributed by atoms with Crippen LogP contribution in [0.3, 0.4) is 0 Å². The fourth-order valence-corrected chi connectivity index (χ4v) is 5.82. The normalized spacial score (nSPS) is 11.6. The number of hydrogen-bond donors (Lipinski definition) is 2. The minimum absolute atomic E-state index is 0.0458. The second kappa shape index (κ2) is 13.0. The molecule has 0 aliphatic heterocycles. The number of halogens is 2. The molecule has 3 aromatic rings. The number of carbonyl (C=O) groups excluding carboxylic acids is 1. The lowest BCUT2D eigenvalue weighted by atomic mass is 10.0. The van der Waals surface area contributed by atoms with Crippen molar-refractivity contribution in [2.75, 3.05) is 0 Å². The molecule has 0 aliphatic rings. The van der Waals surface area contributed by atoms with Gasteiger partial charge in [0, 0.05) is 24.9 Å². The van der Waals surface area contributed by atoms with Gasteiger partial charge in [0.2, 0.25) is 5.91 Å². The molecule has 8 nitrogen and oxygen atoms in total. The number of carbonyl (C=O) groups is 2. The summed E-state index contributed by atoms with van der Waals surface area (Å²) in [6.45, 7) is 3.83. The van der Waals surface area contributed by atoms with Crippen molar-refractivity contribution in [3.8, 4) is 11.1 Å². The first-order valence-corrected chi connectivity index (χ1v) is 14.4. The average Bonchev–Trinajstić information content (AvgIpc) is 3.19. The first-order chi connectivity index (χ1) is 18.1. The van der Waals surface area contributed by atoms with Crippen molar-refractivity contribution in [3.05, 3.63) is 65.6 Å². The fourth-order valence-electron chi connectivity index (χ4n) is 3.94. The summed E-state index contributed by atoms with van der Waals surface area (Å²) in [5.74, 6) is -4.33. The lowest BCUT2D eigenvalue weighted by molar-refractivity contribution is -0.119. The van der Waals surface area contributed by atoms with Gasteiger partial charge in [-0.1, -0.05) is 62.7 Å². The van der Waals surface area contributed by atoms with Crippen LogP contribution >= 0.6 is 11.8 Å². The Kier molecular flexibility index (Phi) is 10.0. The number of nitrogens with zero attached hydrogens (tertiary/aromatic N) is 2. The van der Waals surface area contributed by atoms with E-state index in [1.54, 1.807) is 49.4 Å². The number of benzene rings is 2. The summed E-state index contributed by atoms with van der Waals surface area (Å²) in [6.07, 6.45) is 2.57. The Morgan fingerprint density at radius 2 is 1.76 bits per heavy atom. The zero-order chi connectivity index (χ0) is 27.9. The molecule has 38 heavy (non-hydrogen) atoms. The van der Waals surface area contributed by atoms with Crippen LogP contribution in [0.5, 0.6) is 0 Å². The van der Waals surface area contributed by atoms with Crippen molar-refractivity contribution < 1.29 is 31.9 Å². The van der Waals surface area contributed by atoms with Crippen molar-refractivity contribution in [3.63, 3.8) is 0 Å². The van der Waals surface area contributed by atoms with Gasteiger partial charge in [0.05, 0.1) is 4.90 Å². The molecule has 0 unspecified atom stereocenters. The predicted molar refractivity (Wildman–Crippen MR) is 141 cm³/mol. The van der Waals surface area contributed by atoms with E-state index in [1.165, 1.54) is 10.6 Å². The zero-order valence-electron chi connectivity index (χ0n) is 21.0. The highest BCUT2D eigenvalue weighted by Gasteiger charge is 2.26. The third-order valence-electron chi connectivity index (χ3n) is 5.68. The first kappa shape index (κ1) is 29.3. The quantitative estimate of drug-likeness (QED) is 0.261. The molecule has 204 valence electrons. The molecule has 0 aliphatic carbocycles. The lowest BCUT2D eigenvalue weighted by Crippen LogP contribution is -2.30. The van der Waals surface area contributed by atoms with Gasteiger partial charge in [0.1, 0.15) is 10.9 Å². The highest BCUT2D eigenvalue weighted by Crippen LogP contribution is 2.31. The monoisotopic (exact) mass is 565 g/mol. The Morgan fingerprint density at radius 3 is 2.37 bits per heavy atom. The van der Waals surface area contributed by atoms with Crippen LogP contribution in [0.2, 0.25) is 0 Å². The van der Waals surface area contributed by atoms with Gasteiger partial charge in [-0.05, 0) is 41.8 Å². The van der Waals surface area contributed by atoms with E-state index in [0.717, 1.165) is 6.42 Å². The third kappa shape index (κ3) is 7.19. The van der Waals surface area contributed by atoms with Crippen molar-refractivity contribution >= 4 is 33.7 Å². The number of aromatic nitrogens is 2. The molecule has 3 rings (SSSR count). The van der Waals surface area contributed by atoms with Crippen LogP contribution < -0.4 is 4.72 Å². The number of hydrogen-bond acceptors (Lipinski definition) is 6. The molecule has 0 atom stereocenters. The first-order valence-electron chi connectivity index (χ1n) is 12.1. The van der Waals surface area contributed by atoms with E-state index < -0.39 is 27.7 Å². The van der Waals surface area contributed by atoms with Gasteiger partial charge in [-0.25, -0.2) is 22.9 Å². The summed E-state index contributed by atoms with van der Waals surface area (Å²) in [5, 5.41) is 9.54. The molecule has 1 heterocycles. The number of nitrogens with one attached hydrogen (secondary N) is 1. The number of thioether (sulfide) groups is 1. The van der Waals surface area contributed by atoms with Crippen LogP contribution in [0.1, 0.15) is 61.4 Å². The summed E-state index contributed by atoms with van der Waals surface area (Å²) in [4.78, 5) is 28.1. The SMILES string of the molecule is CCCCc1nc(SC(F)F)c(C(=O)O)n1Cc1ccc(-c2ccccc2S(=O)(=O)NC(=O)CCC)cc1. The van der Waals surface area contributed by atoms with Gasteiger partial charge in [-0.15, -0.1) is 0 Å². The van der Waals surface area contributed by atoms with Crippen LogP contribution in [-0.2, 0) is 27.8 Å². The van der Waals surface area contributed by atoms with Crippen LogP contribution in [0.4, 0.5) is 8.78 Å². The summed E-state index contributed by atoms with van der Waals surface area (Å²) in [6, 6.07) is 13.1. The molecule has 1 amide bonds. The van der Waals surface area contributed by atoms with Crippen LogP contribution in [-0.4, -0.2) is 40.7 Å². The van der Waals surface area contributed by atoms with Crippen molar-refractivity contribution in [1.82, 2.24) is 14.3 Å². The van der Waals surface area contributed by atoms with Crippen molar-refractivity contribution in [1.29, 1.82) is 0 Å². The molecule has 2 aromatic carbocycles. The Labute approximate surface area is 224 Å². The second-order valence-corrected chi connectivity index (χ2v) is 11.2. The van der Waals surface area contributed by atoms with Crippen LogP contribution in [0.15, 0.2) is 58.5 Å². The molecule has 0 fully saturated rings. The molecule has 0 spiro atoms. The fraction of sp³-hybridized carbons (Fsp3) is 0.346. The highest BCUT2D eigenvalue weighted by atomic mass is 32.2. The number of aryl methyl sites for hydroxylation is 1. The van der Waals surface area contributed by atoms with E-state index >= 15 is 0 Å². The average molecular weight is 566 g/mol. The van der Waals surface area contributed by atoms with Gasteiger partial charge >= 0.3 is 5.97 Å². The number of unbranched alkanes of at least 4 members (excludes halogenated alkanes) is 1. The predicted octanol–water partition coefficient (Wildman–Crippen LogP) is 5.56. The maximum Gasteiger partial charge on any atom is 0.355 e. The zero-order valence-corrected chi connectivity index (χ0v) is 22.6. The molecule has 0 radical (unpaired) electrons. The van der Waals surface area contributed by atoms with Crippen LogP contribution in [0.25, 0.3) is 11.1 Å². The van der Waals surface area contributed by atoms with E-state index in [0.29, 0.717) is 41.8 Å². The van der Waals surface area contributed by atoms with Gasteiger partial charge < -0.3 is 9.67 Å². The standard InChI is InChI=1S/C26H29F2N3O5S2/c1-3-5-11-21-29-24(37-26(27)28)23(25(33)34)31(21)16-17-12-14-18(15-13-17)19-9-6-7-10-20(19)38(35,36)30-22(32)8-4-2/h6-7,9-10,12-15,26H,3-5,8,11,16H2,1-2H3,(H,30,32)(H,33,34). The van der Waals surface area contributed by atoms with Crippen LogP contribution in [0, 0.1) is 0 Å². The van der Waals surface area contributed by atoms with E-state index in [1.807, 2.05) is 6.92 Å². The Bertz CT molecular complexity index is 1390. The molecule has 2 N–H and O–H groups in total. The van der Waals surface area contributed by atoms with E-state index in [4.69, 9.17) is 0 Å². The lowest BCUT2D eigenvalue weighted by Gasteiger charge is -2.13. The topological polar surface area (TPSA) is 118 Å². The Balaban J connectivity index is 1.95.